The number of ether oxygens (including phenoxy) is 2. The molecule has 0 atom stereocenters. The lowest BCUT2D eigenvalue weighted by atomic mass is 10.1. The zero-order valence-corrected chi connectivity index (χ0v) is 12.4. The van der Waals surface area contributed by atoms with Gasteiger partial charge in [-0.2, -0.15) is 5.10 Å². The normalized spacial score (nSPS) is 10.3. The van der Waals surface area contributed by atoms with Gasteiger partial charge in [-0.1, -0.05) is 12.1 Å². The Labute approximate surface area is 126 Å². The Hall–Kier alpha value is -2.90. The smallest absolute Gasteiger partial charge is 0.363 e. The number of aromatic nitrogens is 2. The van der Waals surface area contributed by atoms with E-state index in [0.29, 0.717) is 5.75 Å². The number of esters is 1. The highest BCUT2D eigenvalue weighted by Gasteiger charge is 2.28. The molecule has 8 nitrogen and oxygen atoms in total. The molecule has 1 aromatic heterocycles. The van der Waals surface area contributed by atoms with Gasteiger partial charge in [0.05, 0.1) is 25.7 Å². The lowest BCUT2D eigenvalue weighted by Crippen LogP contribution is -2.14. The van der Waals surface area contributed by atoms with E-state index in [2.05, 4.69) is 9.84 Å². The summed E-state index contributed by atoms with van der Waals surface area (Å²) in [5, 5.41) is 14.9. The van der Waals surface area contributed by atoms with Crippen LogP contribution in [-0.2, 0) is 11.3 Å². The van der Waals surface area contributed by atoms with Crippen molar-refractivity contribution in [3.8, 4) is 5.75 Å². The second kappa shape index (κ2) is 6.25. The van der Waals surface area contributed by atoms with Crippen molar-refractivity contribution in [3.05, 3.63) is 51.3 Å². The maximum Gasteiger partial charge on any atom is 0.363 e. The zero-order chi connectivity index (χ0) is 16.3. The summed E-state index contributed by atoms with van der Waals surface area (Å²) < 4.78 is 11.1. The first-order valence-corrected chi connectivity index (χ1v) is 6.40. The van der Waals surface area contributed by atoms with Crippen molar-refractivity contribution in [1.82, 2.24) is 9.78 Å². The molecule has 0 saturated heterocycles. The average molecular weight is 305 g/mol. The highest BCUT2D eigenvalue weighted by Crippen LogP contribution is 2.24. The summed E-state index contributed by atoms with van der Waals surface area (Å²) in [6.45, 7) is 2.08. The van der Waals surface area contributed by atoms with Crippen LogP contribution in [0.5, 0.6) is 5.75 Å². The summed E-state index contributed by atoms with van der Waals surface area (Å²) in [6, 6.07) is 5.54. The van der Waals surface area contributed by atoms with Gasteiger partial charge in [-0.05, 0) is 18.6 Å². The van der Waals surface area contributed by atoms with Crippen LogP contribution in [-0.4, -0.2) is 34.9 Å². The standard InChI is InChI=1S/C14H15N3O5/c1-9-4-5-10(12(6-9)21-2)8-16-13(14(18)22-3)11(7-15-16)17(19)20/h4-7H,8H2,1-3H3. The van der Waals surface area contributed by atoms with E-state index in [4.69, 9.17) is 4.74 Å². The molecule has 1 aromatic carbocycles. The van der Waals surface area contributed by atoms with Gasteiger partial charge in [0.1, 0.15) is 11.9 Å². The molecule has 1 heterocycles. The van der Waals surface area contributed by atoms with E-state index in [0.717, 1.165) is 24.4 Å². The number of nitro groups is 1. The molecule has 0 amide bonds. The van der Waals surface area contributed by atoms with Crippen LogP contribution in [0.3, 0.4) is 0 Å². The Morgan fingerprint density at radius 2 is 2.14 bits per heavy atom. The van der Waals surface area contributed by atoms with Crippen LogP contribution in [0, 0.1) is 17.0 Å². The van der Waals surface area contributed by atoms with Crippen molar-refractivity contribution < 1.29 is 19.2 Å². The van der Waals surface area contributed by atoms with Crippen molar-refractivity contribution in [2.45, 2.75) is 13.5 Å². The van der Waals surface area contributed by atoms with Gasteiger partial charge >= 0.3 is 11.7 Å². The first-order chi connectivity index (χ1) is 10.5. The maximum atomic E-state index is 11.8. The fourth-order valence-electron chi connectivity index (χ4n) is 2.08. The predicted molar refractivity (Wildman–Crippen MR) is 77.1 cm³/mol. The summed E-state index contributed by atoms with van der Waals surface area (Å²) >= 11 is 0. The predicted octanol–water partition coefficient (Wildman–Crippen LogP) is 1.94. The van der Waals surface area contributed by atoms with E-state index in [9.17, 15) is 14.9 Å². The number of benzene rings is 1. The van der Waals surface area contributed by atoms with E-state index >= 15 is 0 Å². The van der Waals surface area contributed by atoms with Crippen LogP contribution in [0.15, 0.2) is 24.4 Å². The highest BCUT2D eigenvalue weighted by atomic mass is 16.6. The molecular formula is C14H15N3O5. The van der Waals surface area contributed by atoms with Gasteiger partial charge in [0, 0.05) is 5.56 Å². The lowest BCUT2D eigenvalue weighted by Gasteiger charge is -2.11. The Bertz CT molecular complexity index is 723. The lowest BCUT2D eigenvalue weighted by molar-refractivity contribution is -0.385. The summed E-state index contributed by atoms with van der Waals surface area (Å²) in [6.07, 6.45) is 1.03. The summed E-state index contributed by atoms with van der Waals surface area (Å²) in [4.78, 5) is 22.1. The van der Waals surface area contributed by atoms with E-state index in [-0.39, 0.29) is 12.2 Å². The quantitative estimate of drug-likeness (QED) is 0.476. The minimum absolute atomic E-state index is 0.154. The molecule has 22 heavy (non-hydrogen) atoms. The molecule has 0 aliphatic rings. The monoisotopic (exact) mass is 305 g/mol. The topological polar surface area (TPSA) is 96.5 Å². The number of carbonyl (C=O) groups is 1. The van der Waals surface area contributed by atoms with Gasteiger partial charge in [-0.15, -0.1) is 0 Å². The highest BCUT2D eigenvalue weighted by molar-refractivity contribution is 5.91. The van der Waals surface area contributed by atoms with E-state index in [1.54, 1.807) is 0 Å². The fourth-order valence-corrected chi connectivity index (χ4v) is 2.08. The summed E-state index contributed by atoms with van der Waals surface area (Å²) in [7, 11) is 2.70. The molecule has 2 rings (SSSR count). The summed E-state index contributed by atoms with van der Waals surface area (Å²) in [5.41, 5.74) is 1.17. The first kappa shape index (κ1) is 15.5. The van der Waals surface area contributed by atoms with E-state index in [1.165, 1.54) is 11.8 Å². The molecule has 0 saturated carbocycles. The Morgan fingerprint density at radius 3 is 2.73 bits per heavy atom. The van der Waals surface area contributed by atoms with Gasteiger partial charge in [0.2, 0.25) is 5.69 Å². The molecule has 0 unspecified atom stereocenters. The molecule has 0 bridgehead atoms. The molecule has 0 aliphatic carbocycles. The number of methoxy groups -OCH3 is 2. The minimum atomic E-state index is -0.810. The Kier molecular flexibility index (Phi) is 4.40. The van der Waals surface area contributed by atoms with Crippen LogP contribution < -0.4 is 4.74 Å². The maximum absolute atomic E-state index is 11.8. The van der Waals surface area contributed by atoms with Crippen molar-refractivity contribution >= 4 is 11.7 Å². The minimum Gasteiger partial charge on any atom is -0.496 e. The van der Waals surface area contributed by atoms with Gasteiger partial charge in [0.15, 0.2) is 0 Å². The van der Waals surface area contributed by atoms with Crippen LogP contribution in [0.4, 0.5) is 5.69 Å². The number of hydrogen-bond donors (Lipinski definition) is 0. The second-order valence-electron chi connectivity index (χ2n) is 4.60. The third kappa shape index (κ3) is 2.90. The van der Waals surface area contributed by atoms with Gasteiger partial charge in [-0.25, -0.2) is 9.48 Å². The third-order valence-corrected chi connectivity index (χ3v) is 3.16. The average Bonchev–Trinajstić information content (AvgIpc) is 2.92. The van der Waals surface area contributed by atoms with Gasteiger partial charge in [0.25, 0.3) is 0 Å². The van der Waals surface area contributed by atoms with Crippen LogP contribution in [0.2, 0.25) is 0 Å². The van der Waals surface area contributed by atoms with Crippen molar-refractivity contribution in [2.75, 3.05) is 14.2 Å². The molecule has 0 radical (unpaired) electrons. The molecule has 0 N–H and O–H groups in total. The largest absolute Gasteiger partial charge is 0.496 e. The van der Waals surface area contributed by atoms with E-state index < -0.39 is 16.6 Å². The Balaban J connectivity index is 2.46. The van der Waals surface area contributed by atoms with Crippen LogP contribution in [0.1, 0.15) is 21.6 Å². The number of rotatable bonds is 5. The molecule has 0 fully saturated rings. The van der Waals surface area contributed by atoms with Gasteiger partial charge < -0.3 is 9.47 Å². The fraction of sp³-hybridized carbons (Fsp3) is 0.286. The van der Waals surface area contributed by atoms with Crippen molar-refractivity contribution in [1.29, 1.82) is 0 Å². The van der Waals surface area contributed by atoms with Crippen molar-refractivity contribution in [3.63, 3.8) is 0 Å². The molecule has 0 aliphatic heterocycles. The Morgan fingerprint density at radius 1 is 1.41 bits per heavy atom. The molecule has 116 valence electrons. The summed E-state index contributed by atoms with van der Waals surface area (Å²) in [5.74, 6) is -0.191. The SMILES string of the molecule is COC(=O)c1c([N+](=O)[O-])cnn1Cc1ccc(C)cc1OC. The number of aryl methyl sites for hydroxylation is 1. The van der Waals surface area contributed by atoms with Gasteiger partial charge in [-0.3, -0.25) is 10.1 Å². The van der Waals surface area contributed by atoms with Crippen LogP contribution in [0.25, 0.3) is 0 Å². The molecular weight excluding hydrogens is 290 g/mol. The number of carbonyl (C=O) groups excluding carboxylic acids is 1. The molecule has 8 heteroatoms. The number of hydrogen-bond acceptors (Lipinski definition) is 6. The van der Waals surface area contributed by atoms with Crippen LogP contribution >= 0.6 is 0 Å². The van der Waals surface area contributed by atoms with E-state index in [1.807, 2.05) is 25.1 Å². The number of nitrogens with zero attached hydrogens (tertiary/aromatic N) is 3. The third-order valence-electron chi connectivity index (χ3n) is 3.16. The molecule has 0 spiro atoms. The first-order valence-electron chi connectivity index (χ1n) is 6.40. The molecule has 2 aromatic rings. The zero-order valence-electron chi connectivity index (χ0n) is 12.4. The second-order valence-corrected chi connectivity index (χ2v) is 4.60. The van der Waals surface area contributed by atoms with Crippen molar-refractivity contribution in [2.24, 2.45) is 0 Å².